The summed E-state index contributed by atoms with van der Waals surface area (Å²) in [6.45, 7) is 0.684. The van der Waals surface area contributed by atoms with Crippen LogP contribution >= 0.6 is 0 Å². The Bertz CT molecular complexity index is 523. The fraction of sp³-hybridized carbons (Fsp3) is 0.714. The first-order chi connectivity index (χ1) is 10.8. The van der Waals surface area contributed by atoms with Crippen LogP contribution in [0.25, 0.3) is 0 Å². The highest BCUT2D eigenvalue weighted by Crippen LogP contribution is 2.25. The lowest BCUT2D eigenvalue weighted by molar-refractivity contribution is -0.152. The normalized spacial score (nSPS) is 25.4. The van der Waals surface area contributed by atoms with Gasteiger partial charge in [-0.15, -0.1) is 0 Å². The van der Waals surface area contributed by atoms with Gasteiger partial charge in [0.05, 0.1) is 12.5 Å². The predicted molar refractivity (Wildman–Crippen MR) is 77.3 cm³/mol. The number of rotatable bonds is 5. The van der Waals surface area contributed by atoms with Crippen molar-refractivity contribution in [2.24, 2.45) is 5.73 Å². The minimum absolute atomic E-state index is 0.328. The van der Waals surface area contributed by atoms with Crippen LogP contribution in [0.3, 0.4) is 0 Å². The van der Waals surface area contributed by atoms with Crippen molar-refractivity contribution >= 4 is 23.8 Å². The highest BCUT2D eigenvalue weighted by molar-refractivity contribution is 5.93. The number of carboxylic acids is 2. The number of aliphatic carboxylic acids is 2. The average Bonchev–Trinajstić information content (AvgIpc) is 3.13. The van der Waals surface area contributed by atoms with E-state index < -0.39 is 42.4 Å². The maximum atomic E-state index is 12.6. The fourth-order valence-corrected chi connectivity index (χ4v) is 3.25. The Morgan fingerprint density at radius 2 is 1.57 bits per heavy atom. The van der Waals surface area contributed by atoms with E-state index in [0.29, 0.717) is 38.8 Å². The summed E-state index contributed by atoms with van der Waals surface area (Å²) in [5.41, 5.74) is 5.60. The minimum Gasteiger partial charge on any atom is -0.481 e. The van der Waals surface area contributed by atoms with Crippen molar-refractivity contribution in [3.05, 3.63) is 0 Å². The third kappa shape index (κ3) is 3.61. The SMILES string of the molecule is N[C@@H](CC(=O)O)C(=O)N1CCC[C@H]1C(=O)N1CCC[C@H]1C(=O)O. The molecule has 2 amide bonds. The second-order valence-electron chi connectivity index (χ2n) is 5.92. The van der Waals surface area contributed by atoms with E-state index in [0.717, 1.165) is 0 Å². The lowest BCUT2D eigenvalue weighted by Gasteiger charge is -2.31. The molecule has 0 spiro atoms. The smallest absolute Gasteiger partial charge is 0.326 e. The first-order valence-electron chi connectivity index (χ1n) is 7.64. The number of hydrogen-bond acceptors (Lipinski definition) is 5. The number of hydrogen-bond donors (Lipinski definition) is 3. The van der Waals surface area contributed by atoms with Crippen LogP contribution < -0.4 is 5.73 Å². The molecule has 128 valence electrons. The third-order valence-electron chi connectivity index (χ3n) is 4.35. The molecule has 2 fully saturated rings. The second kappa shape index (κ2) is 6.95. The minimum atomic E-state index is -1.20. The van der Waals surface area contributed by atoms with Gasteiger partial charge in [0.25, 0.3) is 0 Å². The van der Waals surface area contributed by atoms with E-state index in [2.05, 4.69) is 0 Å². The van der Waals surface area contributed by atoms with Crippen LogP contribution in [0, 0.1) is 0 Å². The van der Waals surface area contributed by atoms with Crippen LogP contribution in [0.1, 0.15) is 32.1 Å². The summed E-state index contributed by atoms with van der Waals surface area (Å²) in [6, 6.07) is -2.80. The quantitative estimate of drug-likeness (QED) is 0.579. The van der Waals surface area contributed by atoms with Gasteiger partial charge in [-0.2, -0.15) is 0 Å². The van der Waals surface area contributed by atoms with Gasteiger partial charge in [-0.05, 0) is 25.7 Å². The summed E-state index contributed by atoms with van der Waals surface area (Å²) in [5, 5.41) is 17.9. The Hall–Kier alpha value is -2.16. The van der Waals surface area contributed by atoms with Crippen LogP contribution in [0.2, 0.25) is 0 Å². The summed E-state index contributed by atoms with van der Waals surface area (Å²) >= 11 is 0. The molecule has 4 N–H and O–H groups in total. The Morgan fingerprint density at radius 1 is 1.00 bits per heavy atom. The monoisotopic (exact) mass is 327 g/mol. The van der Waals surface area contributed by atoms with Gasteiger partial charge in [0.15, 0.2) is 0 Å². The molecule has 0 radical (unpaired) electrons. The van der Waals surface area contributed by atoms with Gasteiger partial charge in [0, 0.05) is 13.1 Å². The van der Waals surface area contributed by atoms with Gasteiger partial charge in [-0.1, -0.05) is 0 Å². The molecule has 0 bridgehead atoms. The molecule has 2 saturated heterocycles. The van der Waals surface area contributed by atoms with E-state index in [1.807, 2.05) is 0 Å². The predicted octanol–water partition coefficient (Wildman–Crippen LogP) is -1.14. The molecule has 2 aliphatic heterocycles. The average molecular weight is 327 g/mol. The van der Waals surface area contributed by atoms with Crippen molar-refractivity contribution in [1.29, 1.82) is 0 Å². The van der Waals surface area contributed by atoms with Crippen LogP contribution in [-0.2, 0) is 19.2 Å². The number of carboxylic acid groups (broad SMARTS) is 2. The molecular formula is C14H21N3O6. The molecule has 2 heterocycles. The van der Waals surface area contributed by atoms with Crippen molar-refractivity contribution in [1.82, 2.24) is 9.80 Å². The maximum Gasteiger partial charge on any atom is 0.326 e. The molecule has 0 unspecified atom stereocenters. The van der Waals surface area contributed by atoms with Crippen LogP contribution in [-0.4, -0.2) is 75.0 Å². The zero-order valence-corrected chi connectivity index (χ0v) is 12.7. The largest absolute Gasteiger partial charge is 0.481 e. The summed E-state index contributed by atoms with van der Waals surface area (Å²) in [5.74, 6) is -3.19. The van der Waals surface area contributed by atoms with E-state index in [1.54, 1.807) is 0 Å². The number of carbonyl (C=O) groups excluding carboxylic acids is 2. The topological polar surface area (TPSA) is 141 Å². The molecular weight excluding hydrogens is 306 g/mol. The summed E-state index contributed by atoms with van der Waals surface area (Å²) in [6.07, 6.45) is 1.56. The van der Waals surface area contributed by atoms with Gasteiger partial charge < -0.3 is 25.7 Å². The Morgan fingerprint density at radius 3 is 2.13 bits per heavy atom. The number of amides is 2. The molecule has 23 heavy (non-hydrogen) atoms. The molecule has 3 atom stereocenters. The first kappa shape index (κ1) is 17.2. The van der Waals surface area contributed by atoms with Crippen molar-refractivity contribution < 1.29 is 29.4 Å². The number of nitrogens with two attached hydrogens (primary N) is 1. The molecule has 2 aliphatic rings. The molecule has 2 rings (SSSR count). The van der Waals surface area contributed by atoms with E-state index in [9.17, 15) is 24.3 Å². The number of nitrogens with zero attached hydrogens (tertiary/aromatic N) is 2. The van der Waals surface area contributed by atoms with Crippen LogP contribution in [0.5, 0.6) is 0 Å². The molecule has 9 heteroatoms. The van der Waals surface area contributed by atoms with Crippen molar-refractivity contribution in [3.63, 3.8) is 0 Å². The van der Waals surface area contributed by atoms with Gasteiger partial charge in [-0.3, -0.25) is 14.4 Å². The highest BCUT2D eigenvalue weighted by Gasteiger charge is 2.42. The van der Waals surface area contributed by atoms with E-state index in [-0.39, 0.29) is 5.91 Å². The van der Waals surface area contributed by atoms with Gasteiger partial charge in [0.1, 0.15) is 12.1 Å². The lowest BCUT2D eigenvalue weighted by atomic mass is 10.1. The van der Waals surface area contributed by atoms with E-state index in [4.69, 9.17) is 10.8 Å². The van der Waals surface area contributed by atoms with E-state index in [1.165, 1.54) is 9.80 Å². The highest BCUT2D eigenvalue weighted by atomic mass is 16.4. The number of likely N-dealkylation sites (tertiary alicyclic amines) is 2. The zero-order valence-electron chi connectivity index (χ0n) is 12.7. The van der Waals surface area contributed by atoms with Crippen LogP contribution in [0.15, 0.2) is 0 Å². The molecule has 0 aliphatic carbocycles. The Balaban J connectivity index is 2.09. The van der Waals surface area contributed by atoms with Gasteiger partial charge in [0.2, 0.25) is 11.8 Å². The Kier molecular flexibility index (Phi) is 5.19. The van der Waals surface area contributed by atoms with Crippen molar-refractivity contribution in [2.45, 2.75) is 50.2 Å². The summed E-state index contributed by atoms with van der Waals surface area (Å²) in [7, 11) is 0. The van der Waals surface area contributed by atoms with E-state index >= 15 is 0 Å². The fourth-order valence-electron chi connectivity index (χ4n) is 3.25. The zero-order chi connectivity index (χ0) is 17.1. The second-order valence-corrected chi connectivity index (χ2v) is 5.92. The molecule has 0 aromatic rings. The Labute approximate surface area is 133 Å². The summed E-state index contributed by atoms with van der Waals surface area (Å²) in [4.78, 5) is 49.4. The lowest BCUT2D eigenvalue weighted by Crippen LogP contribution is -2.54. The number of carbonyl (C=O) groups is 4. The standard InChI is InChI=1S/C14H21N3O6/c15-8(7-11(18)19)12(20)16-5-1-3-9(16)13(21)17-6-2-4-10(17)14(22)23/h8-10H,1-7,15H2,(H,18,19)(H,22,23)/t8-,9-,10-/m0/s1. The van der Waals surface area contributed by atoms with Gasteiger partial charge in [-0.25, -0.2) is 4.79 Å². The molecule has 0 saturated carbocycles. The molecule has 0 aromatic heterocycles. The first-order valence-corrected chi connectivity index (χ1v) is 7.64. The van der Waals surface area contributed by atoms with Crippen LogP contribution in [0.4, 0.5) is 0 Å². The van der Waals surface area contributed by atoms with Crippen molar-refractivity contribution in [3.8, 4) is 0 Å². The summed E-state index contributed by atoms with van der Waals surface area (Å²) < 4.78 is 0. The molecule has 9 nitrogen and oxygen atoms in total. The third-order valence-corrected chi connectivity index (χ3v) is 4.35. The maximum absolute atomic E-state index is 12.6. The molecule has 0 aromatic carbocycles. The van der Waals surface area contributed by atoms with Crippen molar-refractivity contribution in [2.75, 3.05) is 13.1 Å². The van der Waals surface area contributed by atoms with Gasteiger partial charge >= 0.3 is 11.9 Å².